The number of tetrazole rings is 1. The molecule has 0 saturated heterocycles. The predicted molar refractivity (Wildman–Crippen MR) is 77.6 cm³/mol. The van der Waals surface area contributed by atoms with Crippen LogP contribution in [0.3, 0.4) is 0 Å². The average Bonchev–Trinajstić information content (AvgIpc) is 2.98. The molecule has 4 rings (SSSR count). The quantitative estimate of drug-likeness (QED) is 0.569. The van der Waals surface area contributed by atoms with E-state index in [1.54, 1.807) is 12.1 Å². The van der Waals surface area contributed by atoms with Crippen LogP contribution in [-0.2, 0) is 0 Å². The van der Waals surface area contributed by atoms with Gasteiger partial charge in [0.05, 0.1) is 5.02 Å². The highest BCUT2D eigenvalue weighted by Gasteiger charge is 2.13. The standard InChI is InChI=1S/C14H8ClN5O/c15-11-7-3-4-8-12(11)21-14-10-6-2-1-5-9(10)13-16-18-19-20(13)17-14/h1-8H. The summed E-state index contributed by atoms with van der Waals surface area (Å²) < 4.78 is 7.18. The fraction of sp³-hybridized carbons (Fsp3) is 0. The first-order chi connectivity index (χ1) is 10.3. The van der Waals surface area contributed by atoms with E-state index < -0.39 is 0 Å². The molecule has 0 atom stereocenters. The van der Waals surface area contributed by atoms with Gasteiger partial charge in [0, 0.05) is 10.8 Å². The Kier molecular flexibility index (Phi) is 2.68. The van der Waals surface area contributed by atoms with E-state index in [1.165, 1.54) is 4.63 Å². The Morgan fingerprint density at radius 3 is 2.57 bits per heavy atom. The first-order valence-electron chi connectivity index (χ1n) is 6.22. The molecule has 102 valence electrons. The third-order valence-electron chi connectivity index (χ3n) is 3.08. The van der Waals surface area contributed by atoms with E-state index in [0.717, 1.165) is 10.8 Å². The third-order valence-corrected chi connectivity index (χ3v) is 3.39. The summed E-state index contributed by atoms with van der Waals surface area (Å²) in [6.45, 7) is 0. The van der Waals surface area contributed by atoms with Crippen molar-refractivity contribution < 1.29 is 4.74 Å². The van der Waals surface area contributed by atoms with Crippen molar-refractivity contribution in [1.29, 1.82) is 0 Å². The lowest BCUT2D eigenvalue weighted by atomic mass is 10.2. The summed E-state index contributed by atoms with van der Waals surface area (Å²) in [5, 5.41) is 17.9. The minimum absolute atomic E-state index is 0.401. The Bertz CT molecular complexity index is 952. The Morgan fingerprint density at radius 2 is 1.71 bits per heavy atom. The molecule has 0 bridgehead atoms. The second-order valence-corrected chi connectivity index (χ2v) is 4.78. The molecule has 0 amide bonds. The van der Waals surface area contributed by atoms with E-state index in [9.17, 15) is 0 Å². The van der Waals surface area contributed by atoms with Crippen LogP contribution >= 0.6 is 11.6 Å². The lowest BCUT2D eigenvalue weighted by Crippen LogP contribution is -1.99. The van der Waals surface area contributed by atoms with Crippen LogP contribution in [0.25, 0.3) is 16.4 Å². The van der Waals surface area contributed by atoms with Gasteiger partial charge in [-0.3, -0.25) is 0 Å². The largest absolute Gasteiger partial charge is 0.435 e. The van der Waals surface area contributed by atoms with E-state index in [-0.39, 0.29) is 0 Å². The fourth-order valence-electron chi connectivity index (χ4n) is 2.12. The lowest BCUT2D eigenvalue weighted by molar-refractivity contribution is 0.454. The van der Waals surface area contributed by atoms with Gasteiger partial charge >= 0.3 is 0 Å². The molecule has 0 aliphatic rings. The van der Waals surface area contributed by atoms with Crippen LogP contribution in [0, 0.1) is 0 Å². The van der Waals surface area contributed by atoms with Gasteiger partial charge in [-0.15, -0.1) is 14.8 Å². The van der Waals surface area contributed by atoms with Crippen molar-refractivity contribution in [3.63, 3.8) is 0 Å². The number of hydrogen-bond donors (Lipinski definition) is 0. The Hall–Kier alpha value is -2.73. The van der Waals surface area contributed by atoms with Gasteiger partial charge in [-0.25, -0.2) is 0 Å². The summed E-state index contributed by atoms with van der Waals surface area (Å²) in [7, 11) is 0. The smallest absolute Gasteiger partial charge is 0.247 e. The van der Waals surface area contributed by atoms with Crippen LogP contribution < -0.4 is 4.74 Å². The van der Waals surface area contributed by atoms with Gasteiger partial charge in [0.1, 0.15) is 5.75 Å². The van der Waals surface area contributed by atoms with Gasteiger partial charge in [0.25, 0.3) is 0 Å². The van der Waals surface area contributed by atoms with E-state index in [0.29, 0.717) is 22.3 Å². The maximum Gasteiger partial charge on any atom is 0.247 e. The topological polar surface area (TPSA) is 65.2 Å². The summed E-state index contributed by atoms with van der Waals surface area (Å²) in [5.74, 6) is 0.933. The van der Waals surface area contributed by atoms with Gasteiger partial charge in [-0.05, 0) is 28.6 Å². The molecule has 0 spiro atoms. The molecule has 0 aliphatic carbocycles. The first kappa shape index (κ1) is 12.0. The number of ether oxygens (including phenoxy) is 1. The number of aromatic nitrogens is 5. The van der Waals surface area contributed by atoms with Crippen LogP contribution in [0.1, 0.15) is 0 Å². The Labute approximate surface area is 123 Å². The number of halogens is 1. The van der Waals surface area contributed by atoms with Gasteiger partial charge in [-0.1, -0.05) is 41.9 Å². The number of hydrogen-bond acceptors (Lipinski definition) is 5. The number of fused-ring (bicyclic) bond motifs is 3. The molecule has 2 aromatic heterocycles. The summed E-state index contributed by atoms with van der Waals surface area (Å²) in [6, 6.07) is 14.9. The van der Waals surface area contributed by atoms with Gasteiger partial charge < -0.3 is 4.74 Å². The van der Waals surface area contributed by atoms with Crippen molar-refractivity contribution in [2.45, 2.75) is 0 Å². The molecule has 2 aromatic carbocycles. The summed E-state index contributed by atoms with van der Waals surface area (Å²) in [6.07, 6.45) is 0. The molecule has 0 unspecified atom stereocenters. The molecule has 7 heteroatoms. The molecular weight excluding hydrogens is 290 g/mol. The van der Waals surface area contributed by atoms with E-state index in [2.05, 4.69) is 20.6 Å². The average molecular weight is 298 g/mol. The molecular formula is C14H8ClN5O. The number of nitrogens with zero attached hydrogens (tertiary/aromatic N) is 5. The first-order valence-corrected chi connectivity index (χ1v) is 6.60. The van der Waals surface area contributed by atoms with Gasteiger partial charge in [0.15, 0.2) is 0 Å². The predicted octanol–water partition coefficient (Wildman–Crippen LogP) is 3.12. The second kappa shape index (κ2) is 4.68. The van der Waals surface area contributed by atoms with Crippen LogP contribution in [0.2, 0.25) is 5.02 Å². The summed E-state index contributed by atoms with van der Waals surface area (Å²) >= 11 is 6.12. The van der Waals surface area contributed by atoms with Crippen LogP contribution in [-0.4, -0.2) is 25.3 Å². The second-order valence-electron chi connectivity index (χ2n) is 4.38. The van der Waals surface area contributed by atoms with Gasteiger partial charge in [0.2, 0.25) is 11.5 Å². The molecule has 0 aliphatic heterocycles. The van der Waals surface area contributed by atoms with Crippen LogP contribution in [0.5, 0.6) is 11.6 Å². The van der Waals surface area contributed by atoms with Gasteiger partial charge in [-0.2, -0.15) is 0 Å². The van der Waals surface area contributed by atoms with Crippen LogP contribution in [0.15, 0.2) is 48.5 Å². The van der Waals surface area contributed by atoms with E-state index >= 15 is 0 Å². The van der Waals surface area contributed by atoms with Crippen LogP contribution in [0.4, 0.5) is 0 Å². The SMILES string of the molecule is Clc1ccccc1Oc1nn2nnnc2c2ccccc12. The molecule has 21 heavy (non-hydrogen) atoms. The minimum Gasteiger partial charge on any atom is -0.435 e. The molecule has 2 heterocycles. The molecule has 0 fully saturated rings. The third kappa shape index (κ3) is 1.96. The zero-order valence-corrected chi connectivity index (χ0v) is 11.4. The van der Waals surface area contributed by atoms with Crippen molar-refractivity contribution >= 4 is 28.0 Å². The lowest BCUT2D eigenvalue weighted by Gasteiger charge is -2.09. The zero-order valence-electron chi connectivity index (χ0n) is 10.6. The highest BCUT2D eigenvalue weighted by atomic mass is 35.5. The Balaban J connectivity index is 1.96. The highest BCUT2D eigenvalue weighted by Crippen LogP contribution is 2.32. The number of para-hydroxylation sites is 1. The molecule has 0 N–H and O–H groups in total. The fourth-order valence-corrected chi connectivity index (χ4v) is 2.30. The monoisotopic (exact) mass is 297 g/mol. The maximum absolute atomic E-state index is 6.12. The molecule has 6 nitrogen and oxygen atoms in total. The van der Waals surface area contributed by atoms with Crippen molar-refractivity contribution in [3.05, 3.63) is 53.6 Å². The molecule has 0 saturated carbocycles. The number of benzene rings is 2. The van der Waals surface area contributed by atoms with E-state index in [4.69, 9.17) is 16.3 Å². The van der Waals surface area contributed by atoms with Crippen molar-refractivity contribution in [2.24, 2.45) is 0 Å². The molecule has 4 aromatic rings. The summed E-state index contributed by atoms with van der Waals surface area (Å²) in [4.78, 5) is 0. The zero-order chi connectivity index (χ0) is 14.2. The number of rotatable bonds is 2. The normalized spacial score (nSPS) is 11.1. The molecule has 0 radical (unpaired) electrons. The van der Waals surface area contributed by atoms with E-state index in [1.807, 2.05) is 36.4 Å². The Morgan fingerprint density at radius 1 is 0.952 bits per heavy atom. The maximum atomic E-state index is 6.12. The van der Waals surface area contributed by atoms with Crippen molar-refractivity contribution in [2.75, 3.05) is 0 Å². The van der Waals surface area contributed by atoms with Crippen molar-refractivity contribution in [3.8, 4) is 11.6 Å². The van der Waals surface area contributed by atoms with Crippen molar-refractivity contribution in [1.82, 2.24) is 25.3 Å². The highest BCUT2D eigenvalue weighted by molar-refractivity contribution is 6.32. The summed E-state index contributed by atoms with van der Waals surface area (Å²) in [5.41, 5.74) is 0.581. The minimum atomic E-state index is 0.401.